The molecular weight excluding hydrogens is 347 g/mol. The molecule has 144 valence electrons. The molecule has 0 bridgehead atoms. The molecule has 0 unspecified atom stereocenters. The topological polar surface area (TPSA) is 60.3 Å². The van der Waals surface area contributed by atoms with Gasteiger partial charge in [-0.25, -0.2) is 4.39 Å². The quantitative estimate of drug-likeness (QED) is 0.761. The predicted molar refractivity (Wildman–Crippen MR) is 101 cm³/mol. The van der Waals surface area contributed by atoms with Gasteiger partial charge in [-0.3, -0.25) is 9.59 Å². The summed E-state index contributed by atoms with van der Waals surface area (Å²) in [5, 5.41) is 2.82. The first-order chi connectivity index (χ1) is 13.0. The average molecular weight is 372 g/mol. The van der Waals surface area contributed by atoms with Crippen molar-refractivity contribution in [2.75, 3.05) is 20.3 Å². The second kappa shape index (κ2) is 8.48. The van der Waals surface area contributed by atoms with Gasteiger partial charge in [-0.1, -0.05) is 12.1 Å². The first kappa shape index (κ1) is 19.3. The molecule has 2 aromatic rings. The normalized spacial score (nSPS) is 13.5. The number of amides is 1. The standard InChI is InChI=1S/C21H25FN2O3/c1-14-17(12-20(26)23-10-11-27-2)21-18(4-3-5-19(21)25)24(14)13-15-6-8-16(22)9-7-15/h6-9H,3-5,10-13H2,1-2H3,(H,23,26). The number of Topliss-reactive ketones (excluding diaryl/α,β-unsaturated/α-hetero) is 1. The van der Waals surface area contributed by atoms with Crippen molar-refractivity contribution < 1.29 is 18.7 Å². The lowest BCUT2D eigenvalue weighted by atomic mass is 9.92. The van der Waals surface area contributed by atoms with Crippen LogP contribution in [0.15, 0.2) is 24.3 Å². The SMILES string of the molecule is COCCNC(=O)Cc1c2c(n(Cc3ccc(F)cc3)c1C)CCCC2=O. The first-order valence-corrected chi connectivity index (χ1v) is 9.25. The second-order valence-corrected chi connectivity index (χ2v) is 6.89. The van der Waals surface area contributed by atoms with E-state index in [1.165, 1.54) is 12.1 Å². The summed E-state index contributed by atoms with van der Waals surface area (Å²) in [6.07, 6.45) is 2.33. The van der Waals surface area contributed by atoms with E-state index in [4.69, 9.17) is 4.74 Å². The molecule has 1 aliphatic rings. The Morgan fingerprint density at radius 1 is 1.26 bits per heavy atom. The Bertz CT molecular complexity index is 840. The van der Waals surface area contributed by atoms with Gasteiger partial charge in [0.1, 0.15) is 5.82 Å². The van der Waals surface area contributed by atoms with Gasteiger partial charge in [-0.2, -0.15) is 0 Å². The number of rotatable bonds is 7. The predicted octanol–water partition coefficient (Wildman–Crippen LogP) is 2.81. The van der Waals surface area contributed by atoms with Crippen molar-refractivity contribution in [3.05, 3.63) is 58.2 Å². The molecule has 1 N–H and O–H groups in total. The van der Waals surface area contributed by atoms with Crippen LogP contribution in [0.25, 0.3) is 0 Å². The highest BCUT2D eigenvalue weighted by molar-refractivity contribution is 6.01. The average Bonchev–Trinajstić information content (AvgIpc) is 2.90. The van der Waals surface area contributed by atoms with Gasteiger partial charge in [0.05, 0.1) is 13.0 Å². The summed E-state index contributed by atoms with van der Waals surface area (Å²) in [5.74, 6) is -0.277. The Balaban J connectivity index is 1.91. The number of methoxy groups -OCH3 is 1. The van der Waals surface area contributed by atoms with E-state index in [1.807, 2.05) is 6.92 Å². The molecule has 0 radical (unpaired) electrons. The van der Waals surface area contributed by atoms with Crippen molar-refractivity contribution in [3.8, 4) is 0 Å². The van der Waals surface area contributed by atoms with Crippen molar-refractivity contribution in [3.63, 3.8) is 0 Å². The van der Waals surface area contributed by atoms with Gasteiger partial charge in [0.25, 0.3) is 0 Å². The minimum atomic E-state index is -0.270. The minimum absolute atomic E-state index is 0.108. The molecule has 0 saturated heterocycles. The van der Waals surface area contributed by atoms with E-state index >= 15 is 0 Å². The maximum Gasteiger partial charge on any atom is 0.224 e. The van der Waals surface area contributed by atoms with Crippen LogP contribution in [0.3, 0.4) is 0 Å². The fourth-order valence-electron chi connectivity index (χ4n) is 3.70. The van der Waals surface area contributed by atoms with Gasteiger partial charge in [0.15, 0.2) is 5.78 Å². The molecule has 0 fully saturated rings. The number of nitrogens with one attached hydrogen (secondary N) is 1. The zero-order valence-electron chi connectivity index (χ0n) is 15.8. The summed E-state index contributed by atoms with van der Waals surface area (Å²) in [6.45, 7) is 3.41. The lowest BCUT2D eigenvalue weighted by Gasteiger charge is -2.16. The second-order valence-electron chi connectivity index (χ2n) is 6.89. The van der Waals surface area contributed by atoms with Gasteiger partial charge in [0.2, 0.25) is 5.91 Å². The molecule has 1 amide bonds. The molecule has 0 atom stereocenters. The minimum Gasteiger partial charge on any atom is -0.383 e. The third kappa shape index (κ3) is 4.27. The van der Waals surface area contributed by atoms with E-state index in [9.17, 15) is 14.0 Å². The van der Waals surface area contributed by atoms with E-state index in [0.717, 1.165) is 35.4 Å². The zero-order chi connectivity index (χ0) is 19.4. The Kier molecular flexibility index (Phi) is 6.06. The van der Waals surface area contributed by atoms with Crippen molar-refractivity contribution >= 4 is 11.7 Å². The van der Waals surface area contributed by atoms with E-state index in [0.29, 0.717) is 31.7 Å². The highest BCUT2D eigenvalue weighted by Crippen LogP contribution is 2.31. The number of halogens is 1. The molecular formula is C21H25FN2O3. The van der Waals surface area contributed by atoms with Crippen LogP contribution in [-0.2, 0) is 28.9 Å². The molecule has 1 aliphatic carbocycles. The monoisotopic (exact) mass is 372 g/mol. The number of benzene rings is 1. The molecule has 0 spiro atoms. The van der Waals surface area contributed by atoms with E-state index < -0.39 is 0 Å². The molecule has 3 rings (SSSR count). The fourth-order valence-corrected chi connectivity index (χ4v) is 3.70. The van der Waals surface area contributed by atoms with E-state index in [2.05, 4.69) is 9.88 Å². The number of ether oxygens (including phenoxy) is 1. The summed E-state index contributed by atoms with van der Waals surface area (Å²) in [5.41, 5.74) is 4.41. The van der Waals surface area contributed by atoms with Crippen LogP contribution < -0.4 is 5.32 Å². The lowest BCUT2D eigenvalue weighted by molar-refractivity contribution is -0.120. The molecule has 6 heteroatoms. The number of carbonyl (C=O) groups excluding carboxylic acids is 2. The van der Waals surface area contributed by atoms with Crippen LogP contribution in [0.2, 0.25) is 0 Å². The van der Waals surface area contributed by atoms with Gasteiger partial charge < -0.3 is 14.6 Å². The van der Waals surface area contributed by atoms with Crippen LogP contribution >= 0.6 is 0 Å². The summed E-state index contributed by atoms with van der Waals surface area (Å²) in [7, 11) is 1.58. The van der Waals surface area contributed by atoms with Crippen LogP contribution in [0.1, 0.15) is 45.7 Å². The molecule has 1 aromatic carbocycles. The maximum atomic E-state index is 13.2. The molecule has 5 nitrogen and oxygen atoms in total. The molecule has 0 saturated carbocycles. The van der Waals surface area contributed by atoms with Crippen LogP contribution in [0, 0.1) is 12.7 Å². The van der Waals surface area contributed by atoms with Crippen molar-refractivity contribution in [2.24, 2.45) is 0 Å². The third-order valence-electron chi connectivity index (χ3n) is 5.07. The smallest absolute Gasteiger partial charge is 0.224 e. The highest BCUT2D eigenvalue weighted by atomic mass is 19.1. The molecule has 1 heterocycles. The summed E-state index contributed by atoms with van der Waals surface area (Å²) in [6, 6.07) is 6.39. The van der Waals surface area contributed by atoms with E-state index in [1.54, 1.807) is 19.2 Å². The number of fused-ring (bicyclic) bond motifs is 1. The number of nitrogens with zero attached hydrogens (tertiary/aromatic N) is 1. The fraction of sp³-hybridized carbons (Fsp3) is 0.429. The Morgan fingerprint density at radius 3 is 2.70 bits per heavy atom. The number of ketones is 1. The van der Waals surface area contributed by atoms with Crippen LogP contribution in [-0.4, -0.2) is 36.5 Å². The molecule has 27 heavy (non-hydrogen) atoms. The largest absolute Gasteiger partial charge is 0.383 e. The lowest BCUT2D eigenvalue weighted by Crippen LogP contribution is -2.29. The van der Waals surface area contributed by atoms with Gasteiger partial charge in [-0.15, -0.1) is 0 Å². The third-order valence-corrected chi connectivity index (χ3v) is 5.07. The number of carbonyl (C=O) groups is 2. The van der Waals surface area contributed by atoms with Crippen molar-refractivity contribution in [1.82, 2.24) is 9.88 Å². The van der Waals surface area contributed by atoms with Crippen molar-refractivity contribution in [1.29, 1.82) is 0 Å². The van der Waals surface area contributed by atoms with Crippen LogP contribution in [0.5, 0.6) is 0 Å². The van der Waals surface area contributed by atoms with Crippen LogP contribution in [0.4, 0.5) is 4.39 Å². The van der Waals surface area contributed by atoms with Gasteiger partial charge in [-0.05, 0) is 43.0 Å². The molecule has 1 aromatic heterocycles. The van der Waals surface area contributed by atoms with Gasteiger partial charge in [0, 0.05) is 43.6 Å². The number of aromatic nitrogens is 1. The van der Waals surface area contributed by atoms with E-state index in [-0.39, 0.29) is 23.9 Å². The van der Waals surface area contributed by atoms with Gasteiger partial charge >= 0.3 is 0 Å². The van der Waals surface area contributed by atoms with Crippen molar-refractivity contribution in [2.45, 2.75) is 39.2 Å². The number of hydrogen-bond donors (Lipinski definition) is 1. The maximum absolute atomic E-state index is 13.2. The highest BCUT2D eigenvalue weighted by Gasteiger charge is 2.28. The molecule has 0 aliphatic heterocycles. The Labute approximate surface area is 158 Å². The Morgan fingerprint density at radius 2 is 2.00 bits per heavy atom. The summed E-state index contributed by atoms with van der Waals surface area (Å²) in [4.78, 5) is 24.9. The summed E-state index contributed by atoms with van der Waals surface area (Å²) >= 11 is 0. The first-order valence-electron chi connectivity index (χ1n) is 9.25. The Hall–Kier alpha value is -2.47. The summed E-state index contributed by atoms with van der Waals surface area (Å²) < 4.78 is 20.3. The number of hydrogen-bond acceptors (Lipinski definition) is 3. The zero-order valence-corrected chi connectivity index (χ0v) is 15.8.